The predicted octanol–water partition coefficient (Wildman–Crippen LogP) is 1.15. The highest BCUT2D eigenvalue weighted by atomic mass is 16.2. The summed E-state index contributed by atoms with van der Waals surface area (Å²) in [4.78, 5) is 41.5. The van der Waals surface area contributed by atoms with Crippen LogP contribution in [0.15, 0.2) is 22.9 Å². The fourth-order valence-corrected chi connectivity index (χ4v) is 2.10. The van der Waals surface area contributed by atoms with E-state index >= 15 is 0 Å². The van der Waals surface area contributed by atoms with Gasteiger partial charge in [0, 0.05) is 18.9 Å². The van der Waals surface area contributed by atoms with Gasteiger partial charge in [0.05, 0.1) is 27.5 Å². The van der Waals surface area contributed by atoms with Gasteiger partial charge < -0.3 is 5.73 Å². The molecule has 0 saturated heterocycles. The lowest BCUT2D eigenvalue weighted by Crippen LogP contribution is -2.36. The van der Waals surface area contributed by atoms with Crippen molar-refractivity contribution in [3.05, 3.63) is 34.3 Å². The summed E-state index contributed by atoms with van der Waals surface area (Å²) in [6.45, 7) is -2.02. The predicted molar refractivity (Wildman–Crippen MR) is 78.1 cm³/mol. The van der Waals surface area contributed by atoms with E-state index in [-0.39, 0.29) is 16.1 Å². The first-order valence-electron chi connectivity index (χ1n) is 10.2. The largest absolute Gasteiger partial charge is 0.398 e. The maximum absolute atomic E-state index is 13.2. The van der Waals surface area contributed by atoms with Gasteiger partial charge in [0.2, 0.25) is 0 Å². The molecule has 1 aliphatic rings. The number of aryl methyl sites for hydroxylation is 1. The summed E-state index contributed by atoms with van der Waals surface area (Å²) in [6, 6.07) is -2.89. The summed E-state index contributed by atoms with van der Waals surface area (Å²) < 4.78 is 63.3. The highest BCUT2D eigenvalue weighted by Crippen LogP contribution is 2.24. The molecule has 1 heterocycles. The monoisotopic (exact) mass is 293 g/mol. The maximum Gasteiger partial charge on any atom is 0.264 e. The quantitative estimate of drug-likeness (QED) is 0.628. The van der Waals surface area contributed by atoms with Gasteiger partial charge in [-0.05, 0) is 25.4 Å². The third-order valence-electron chi connectivity index (χ3n) is 3.04. The van der Waals surface area contributed by atoms with Crippen molar-refractivity contribution in [1.82, 2.24) is 9.55 Å². The van der Waals surface area contributed by atoms with E-state index in [0.717, 1.165) is 6.07 Å². The molecule has 2 atom stereocenters. The number of hydrogen-bond donors (Lipinski definition) is 1. The van der Waals surface area contributed by atoms with Crippen LogP contribution < -0.4 is 11.3 Å². The molecule has 0 amide bonds. The first-order valence-corrected chi connectivity index (χ1v) is 5.92. The lowest BCUT2D eigenvalue weighted by atomic mass is 9.92. The van der Waals surface area contributed by atoms with Crippen molar-refractivity contribution in [2.75, 3.05) is 5.73 Å². The second-order valence-corrected chi connectivity index (χ2v) is 4.40. The highest BCUT2D eigenvalue weighted by Gasteiger charge is 2.30. The SMILES string of the molecule is [2H]c1cc2nc(C([2H])[2H])n(C3([2H])C(=O)CC(=O)C([2H])([2H])C3[2H])c(=O)c2c(N)c1[2H]. The van der Waals surface area contributed by atoms with Crippen LogP contribution in [0, 0.1) is 6.88 Å². The summed E-state index contributed by atoms with van der Waals surface area (Å²) in [7, 11) is 0. The summed E-state index contributed by atoms with van der Waals surface area (Å²) in [5.74, 6) is -3.22. The molecule has 0 bridgehead atoms. The Morgan fingerprint density at radius 2 is 2.38 bits per heavy atom. The molecule has 0 aliphatic heterocycles. The molecule has 1 saturated carbocycles. The van der Waals surface area contributed by atoms with E-state index in [1.807, 2.05) is 0 Å². The number of carbonyl (C=O) groups is 2. The van der Waals surface area contributed by atoms with Crippen LogP contribution in [-0.4, -0.2) is 21.1 Å². The highest BCUT2D eigenvalue weighted by molar-refractivity contribution is 6.03. The summed E-state index contributed by atoms with van der Waals surface area (Å²) in [5, 5.41) is -0.459. The van der Waals surface area contributed by atoms with Gasteiger partial charge in [-0.3, -0.25) is 19.0 Å². The first kappa shape index (κ1) is 6.98. The minimum Gasteiger partial charge on any atom is -0.398 e. The Labute approximate surface area is 131 Å². The Balaban J connectivity index is 2.50. The normalized spacial score (nSPS) is 34.2. The average Bonchev–Trinajstić information content (AvgIpc) is 2.63. The number of carbonyl (C=O) groups excluding carboxylic acids is 2. The zero-order valence-corrected chi connectivity index (χ0v) is 10.6. The Hall–Kier alpha value is -2.50. The number of benzene rings is 1. The third-order valence-corrected chi connectivity index (χ3v) is 3.04. The molecule has 2 aromatic rings. The molecular weight excluding hydrogens is 270 g/mol. The topological polar surface area (TPSA) is 95.0 Å². The molecule has 2 N–H and O–H groups in total. The van der Waals surface area contributed by atoms with E-state index in [1.54, 1.807) is 0 Å². The van der Waals surface area contributed by atoms with E-state index in [0.29, 0.717) is 0 Å². The molecule has 1 fully saturated rings. The molecule has 108 valence electrons. The molecule has 6 nitrogen and oxygen atoms in total. The molecule has 1 aromatic heterocycles. The number of Topliss-reactive ketones (excluding diaryl/α,β-unsaturated/α-hetero) is 2. The van der Waals surface area contributed by atoms with Gasteiger partial charge in [-0.15, -0.1) is 0 Å². The van der Waals surface area contributed by atoms with Crippen molar-refractivity contribution < 1.29 is 20.6 Å². The van der Waals surface area contributed by atoms with Crippen LogP contribution in [-0.2, 0) is 9.59 Å². The van der Waals surface area contributed by atoms with Gasteiger partial charge in [0.25, 0.3) is 5.56 Å². The summed E-state index contributed by atoms with van der Waals surface area (Å²) in [6.07, 6.45) is -6.38. The van der Waals surface area contributed by atoms with Crippen LogP contribution in [0.4, 0.5) is 5.69 Å². The number of hydrogen-bond acceptors (Lipinski definition) is 5. The summed E-state index contributed by atoms with van der Waals surface area (Å²) in [5.41, 5.74) is 3.80. The Kier molecular flexibility index (Phi) is 1.59. The standard InChI is InChI=1S/C15H15N3O3/c1-8-17-11-4-2-3-10(16)14(11)15(21)18(8)12-6-5-9(19)7-13(12)20/h2-4,12H,5-7,16H2,1H3/i1D2,2D,3D,5D2,6D,12D. The van der Waals surface area contributed by atoms with Gasteiger partial charge in [0.15, 0.2) is 5.78 Å². The zero-order chi connectivity index (χ0) is 22.0. The number of nitrogens with two attached hydrogens (primary N) is 1. The average molecular weight is 293 g/mol. The van der Waals surface area contributed by atoms with Gasteiger partial charge in [0.1, 0.15) is 11.6 Å². The van der Waals surface area contributed by atoms with Crippen molar-refractivity contribution in [2.45, 2.75) is 32.1 Å². The van der Waals surface area contributed by atoms with E-state index in [4.69, 9.17) is 16.7 Å². The Morgan fingerprint density at radius 1 is 1.57 bits per heavy atom. The van der Waals surface area contributed by atoms with Crippen molar-refractivity contribution in [3.8, 4) is 0 Å². The number of ketones is 2. The Bertz CT molecular complexity index is 1130. The van der Waals surface area contributed by atoms with Crippen molar-refractivity contribution in [2.24, 2.45) is 0 Å². The van der Waals surface area contributed by atoms with Crippen LogP contribution in [0.25, 0.3) is 10.9 Å². The molecule has 1 aromatic carbocycles. The lowest BCUT2D eigenvalue weighted by Gasteiger charge is -2.24. The molecular formula is C15H15N3O3. The van der Waals surface area contributed by atoms with Gasteiger partial charge in [-0.2, -0.15) is 0 Å². The molecule has 21 heavy (non-hydrogen) atoms. The first-order chi connectivity index (χ1) is 13.3. The fourth-order valence-electron chi connectivity index (χ4n) is 2.10. The molecule has 3 rings (SSSR count). The van der Waals surface area contributed by atoms with Crippen LogP contribution in [0.1, 0.15) is 42.0 Å². The third kappa shape index (κ3) is 2.12. The van der Waals surface area contributed by atoms with E-state index in [1.165, 1.54) is 0 Å². The minimum atomic E-state index is -2.99. The molecule has 0 spiro atoms. The van der Waals surface area contributed by atoms with Crippen LogP contribution >= 0.6 is 0 Å². The van der Waals surface area contributed by atoms with Crippen molar-refractivity contribution >= 4 is 28.2 Å². The van der Waals surface area contributed by atoms with Gasteiger partial charge in [-0.1, -0.05) is 6.04 Å². The van der Waals surface area contributed by atoms with Crippen molar-refractivity contribution in [3.63, 3.8) is 0 Å². The second-order valence-electron chi connectivity index (χ2n) is 4.40. The molecule has 0 radical (unpaired) electrons. The number of nitrogen functional groups attached to an aromatic ring is 1. The molecule has 1 aliphatic carbocycles. The van der Waals surface area contributed by atoms with Gasteiger partial charge in [-0.25, -0.2) is 4.98 Å². The number of anilines is 1. The molecule has 2 unspecified atom stereocenters. The minimum absolute atomic E-state index is 0.239. The Morgan fingerprint density at radius 3 is 3.14 bits per heavy atom. The second kappa shape index (κ2) is 4.80. The smallest absolute Gasteiger partial charge is 0.264 e. The van der Waals surface area contributed by atoms with Crippen LogP contribution in [0.5, 0.6) is 0 Å². The number of fused-ring (bicyclic) bond motifs is 1. The van der Waals surface area contributed by atoms with E-state index in [9.17, 15) is 14.4 Å². The van der Waals surface area contributed by atoms with Crippen molar-refractivity contribution in [1.29, 1.82) is 0 Å². The van der Waals surface area contributed by atoms with Crippen LogP contribution in [0.3, 0.4) is 0 Å². The number of nitrogens with zero attached hydrogens (tertiary/aromatic N) is 2. The lowest BCUT2D eigenvalue weighted by molar-refractivity contribution is -0.132. The van der Waals surface area contributed by atoms with E-state index < -0.39 is 72.2 Å². The fraction of sp³-hybridized carbons (Fsp3) is 0.333. The molecule has 6 heteroatoms. The maximum atomic E-state index is 13.2. The van der Waals surface area contributed by atoms with Gasteiger partial charge >= 0.3 is 0 Å². The summed E-state index contributed by atoms with van der Waals surface area (Å²) >= 11 is 0. The number of aromatic nitrogens is 2. The van der Waals surface area contributed by atoms with Crippen LogP contribution in [0.2, 0.25) is 0 Å². The zero-order valence-electron chi connectivity index (χ0n) is 18.6. The number of rotatable bonds is 1. The van der Waals surface area contributed by atoms with E-state index in [2.05, 4.69) is 4.98 Å².